The summed E-state index contributed by atoms with van der Waals surface area (Å²) in [5.74, 6) is 0.550. The summed E-state index contributed by atoms with van der Waals surface area (Å²) in [5.41, 5.74) is 4.14. The SMILES string of the molecule is CCS(=O)(=O)N(CC(=O)N[C@H](C)c1ccc2c(c1)CCCC2)c1ccc2c(c1)OCO2. The molecule has 0 aromatic heterocycles. The van der Waals surface area contributed by atoms with Gasteiger partial charge in [0.15, 0.2) is 11.5 Å². The lowest BCUT2D eigenvalue weighted by atomic mass is 9.89. The zero-order valence-corrected chi connectivity index (χ0v) is 18.7. The van der Waals surface area contributed by atoms with Crippen molar-refractivity contribution in [1.29, 1.82) is 0 Å². The first kappa shape index (κ1) is 21.5. The van der Waals surface area contributed by atoms with E-state index in [1.165, 1.54) is 24.0 Å². The van der Waals surface area contributed by atoms with E-state index in [4.69, 9.17) is 9.47 Å². The minimum absolute atomic E-state index is 0.0953. The van der Waals surface area contributed by atoms with Crippen molar-refractivity contribution in [2.45, 2.75) is 45.6 Å². The van der Waals surface area contributed by atoms with E-state index < -0.39 is 10.0 Å². The van der Waals surface area contributed by atoms with E-state index in [2.05, 4.69) is 17.4 Å². The number of fused-ring (bicyclic) bond motifs is 2. The normalized spacial score (nSPS) is 15.8. The fourth-order valence-corrected chi connectivity index (χ4v) is 5.13. The van der Waals surface area contributed by atoms with Crippen LogP contribution in [0.1, 0.15) is 49.4 Å². The first-order chi connectivity index (χ1) is 14.9. The molecule has 4 rings (SSSR count). The fourth-order valence-electron chi connectivity index (χ4n) is 4.07. The van der Waals surface area contributed by atoms with Crippen molar-refractivity contribution < 1.29 is 22.7 Å². The summed E-state index contributed by atoms with van der Waals surface area (Å²) < 4.78 is 37.2. The first-order valence-corrected chi connectivity index (χ1v) is 12.3. The van der Waals surface area contributed by atoms with Crippen LogP contribution in [0.15, 0.2) is 36.4 Å². The molecule has 0 saturated heterocycles. The Kier molecular flexibility index (Phi) is 6.09. The molecule has 1 atom stereocenters. The van der Waals surface area contributed by atoms with E-state index in [1.807, 2.05) is 13.0 Å². The van der Waals surface area contributed by atoms with Gasteiger partial charge in [-0.05, 0) is 68.4 Å². The zero-order valence-electron chi connectivity index (χ0n) is 17.9. The standard InChI is InChI=1S/C23H28N2O5S/c1-3-31(27,28)25(20-10-11-21-22(13-20)30-15-29-21)14-23(26)24-16(2)18-9-8-17-6-4-5-7-19(17)12-18/h8-13,16H,3-7,14-15H2,1-2H3,(H,24,26)/t16-/m1/s1. The topological polar surface area (TPSA) is 84.9 Å². The molecule has 0 bridgehead atoms. The number of amides is 1. The van der Waals surface area contributed by atoms with Crippen molar-refractivity contribution in [3.63, 3.8) is 0 Å². The molecule has 1 amide bonds. The summed E-state index contributed by atoms with van der Waals surface area (Å²) in [6.45, 7) is 3.27. The van der Waals surface area contributed by atoms with Gasteiger partial charge in [0.2, 0.25) is 22.7 Å². The van der Waals surface area contributed by atoms with Gasteiger partial charge in [0.1, 0.15) is 6.54 Å². The van der Waals surface area contributed by atoms with Gasteiger partial charge in [-0.15, -0.1) is 0 Å². The molecule has 0 unspecified atom stereocenters. The van der Waals surface area contributed by atoms with Crippen LogP contribution in [-0.2, 0) is 27.7 Å². The molecule has 8 heteroatoms. The van der Waals surface area contributed by atoms with Crippen LogP contribution in [0.2, 0.25) is 0 Å². The number of anilines is 1. The molecule has 2 aromatic rings. The number of sulfonamides is 1. The highest BCUT2D eigenvalue weighted by atomic mass is 32.2. The molecule has 1 aliphatic carbocycles. The third-order valence-electron chi connectivity index (χ3n) is 5.88. The average Bonchev–Trinajstić information content (AvgIpc) is 3.25. The Bertz CT molecular complexity index is 1080. The molecule has 0 spiro atoms. The van der Waals surface area contributed by atoms with Crippen LogP contribution in [0.3, 0.4) is 0 Å². The van der Waals surface area contributed by atoms with Crippen molar-refractivity contribution in [2.75, 3.05) is 23.4 Å². The summed E-state index contributed by atoms with van der Waals surface area (Å²) >= 11 is 0. The molecule has 0 fully saturated rings. The molecule has 2 aromatic carbocycles. The number of carbonyl (C=O) groups excluding carboxylic acids is 1. The third kappa shape index (κ3) is 4.63. The highest BCUT2D eigenvalue weighted by Crippen LogP contribution is 2.36. The van der Waals surface area contributed by atoms with E-state index in [-0.39, 0.29) is 31.0 Å². The lowest BCUT2D eigenvalue weighted by molar-refractivity contribution is -0.120. The average molecular weight is 445 g/mol. The number of carbonyl (C=O) groups is 1. The minimum atomic E-state index is -3.66. The Morgan fingerprint density at radius 2 is 1.81 bits per heavy atom. The number of nitrogens with zero attached hydrogens (tertiary/aromatic N) is 1. The van der Waals surface area contributed by atoms with Crippen LogP contribution >= 0.6 is 0 Å². The second kappa shape index (κ2) is 8.78. The van der Waals surface area contributed by atoms with Gasteiger partial charge in [0.25, 0.3) is 0 Å². The van der Waals surface area contributed by atoms with Crippen molar-refractivity contribution in [1.82, 2.24) is 5.32 Å². The lowest BCUT2D eigenvalue weighted by Crippen LogP contribution is -2.42. The lowest BCUT2D eigenvalue weighted by Gasteiger charge is -2.25. The second-order valence-corrected chi connectivity index (χ2v) is 10.2. The Balaban J connectivity index is 1.50. The number of hydrogen-bond donors (Lipinski definition) is 1. The summed E-state index contributed by atoms with van der Waals surface area (Å²) in [5, 5.41) is 2.95. The van der Waals surface area contributed by atoms with Gasteiger partial charge in [-0.2, -0.15) is 0 Å². The largest absolute Gasteiger partial charge is 0.454 e. The Labute approximate surface area is 183 Å². The van der Waals surface area contributed by atoms with E-state index in [0.717, 1.165) is 22.7 Å². The van der Waals surface area contributed by atoms with Gasteiger partial charge in [-0.3, -0.25) is 9.10 Å². The van der Waals surface area contributed by atoms with E-state index in [0.29, 0.717) is 17.2 Å². The van der Waals surface area contributed by atoms with Gasteiger partial charge >= 0.3 is 0 Å². The Hall–Kier alpha value is -2.74. The minimum Gasteiger partial charge on any atom is -0.454 e. The third-order valence-corrected chi connectivity index (χ3v) is 7.62. The molecule has 0 radical (unpaired) electrons. The molecule has 166 valence electrons. The van der Waals surface area contributed by atoms with E-state index >= 15 is 0 Å². The molecular formula is C23H28N2O5S. The van der Waals surface area contributed by atoms with Gasteiger partial charge in [-0.25, -0.2) is 8.42 Å². The second-order valence-electron chi connectivity index (χ2n) is 7.97. The van der Waals surface area contributed by atoms with Gasteiger partial charge in [0, 0.05) is 6.07 Å². The Morgan fingerprint density at radius 1 is 1.06 bits per heavy atom. The quantitative estimate of drug-likeness (QED) is 0.708. The predicted molar refractivity (Wildman–Crippen MR) is 119 cm³/mol. The van der Waals surface area contributed by atoms with Crippen LogP contribution < -0.4 is 19.1 Å². The predicted octanol–water partition coefficient (Wildman–Crippen LogP) is 3.33. The zero-order chi connectivity index (χ0) is 22.0. The van der Waals surface area contributed by atoms with Crippen LogP contribution in [0.4, 0.5) is 5.69 Å². The summed E-state index contributed by atoms with van der Waals surface area (Å²) in [7, 11) is -3.66. The molecule has 1 heterocycles. The van der Waals surface area contributed by atoms with Gasteiger partial charge < -0.3 is 14.8 Å². The maximum absolute atomic E-state index is 12.8. The molecule has 1 N–H and O–H groups in total. The highest BCUT2D eigenvalue weighted by molar-refractivity contribution is 7.92. The molecule has 1 aliphatic heterocycles. The maximum Gasteiger partial charge on any atom is 0.241 e. The summed E-state index contributed by atoms with van der Waals surface area (Å²) in [4.78, 5) is 12.8. The van der Waals surface area contributed by atoms with E-state index in [9.17, 15) is 13.2 Å². The Morgan fingerprint density at radius 3 is 2.58 bits per heavy atom. The van der Waals surface area contributed by atoms with Crippen molar-refractivity contribution >= 4 is 21.6 Å². The maximum atomic E-state index is 12.8. The van der Waals surface area contributed by atoms with Gasteiger partial charge in [0.05, 0.1) is 17.5 Å². The molecular weight excluding hydrogens is 416 g/mol. The van der Waals surface area contributed by atoms with Crippen LogP contribution in [0, 0.1) is 0 Å². The van der Waals surface area contributed by atoms with E-state index in [1.54, 1.807) is 25.1 Å². The smallest absolute Gasteiger partial charge is 0.241 e. The first-order valence-electron chi connectivity index (χ1n) is 10.7. The van der Waals surface area contributed by atoms with Crippen molar-refractivity contribution in [3.05, 3.63) is 53.1 Å². The monoisotopic (exact) mass is 444 g/mol. The number of aryl methyl sites for hydroxylation is 2. The van der Waals surface area contributed by atoms with Gasteiger partial charge in [-0.1, -0.05) is 18.2 Å². The van der Waals surface area contributed by atoms with Crippen molar-refractivity contribution in [3.8, 4) is 11.5 Å². The van der Waals surface area contributed by atoms with Crippen molar-refractivity contribution in [2.24, 2.45) is 0 Å². The van der Waals surface area contributed by atoms with Crippen LogP contribution in [0.25, 0.3) is 0 Å². The van der Waals surface area contributed by atoms with Crippen LogP contribution in [-0.4, -0.2) is 33.4 Å². The number of benzene rings is 2. The highest BCUT2D eigenvalue weighted by Gasteiger charge is 2.26. The number of ether oxygens (including phenoxy) is 2. The molecule has 7 nitrogen and oxygen atoms in total. The number of nitrogens with one attached hydrogen (secondary N) is 1. The number of rotatable bonds is 7. The molecule has 0 saturated carbocycles. The molecule has 31 heavy (non-hydrogen) atoms. The summed E-state index contributed by atoms with van der Waals surface area (Å²) in [6.07, 6.45) is 4.59. The summed E-state index contributed by atoms with van der Waals surface area (Å²) in [6, 6.07) is 11.0. The fraction of sp³-hybridized carbons (Fsp3) is 0.435. The number of hydrogen-bond acceptors (Lipinski definition) is 5. The molecule has 2 aliphatic rings. The van der Waals surface area contributed by atoms with Crippen LogP contribution in [0.5, 0.6) is 11.5 Å².